The third-order valence-electron chi connectivity index (χ3n) is 3.71. The van der Waals surface area contributed by atoms with Crippen molar-refractivity contribution in [3.63, 3.8) is 0 Å². The second kappa shape index (κ2) is 22.2. The highest BCUT2D eigenvalue weighted by Gasteiger charge is 1.93. The monoisotopic (exact) mass is 299 g/mol. The molecule has 0 aromatic carbocycles. The summed E-state index contributed by atoms with van der Waals surface area (Å²) in [5.74, 6) is 0. The summed E-state index contributed by atoms with van der Waals surface area (Å²) < 4.78 is 0. The van der Waals surface area contributed by atoms with Crippen LogP contribution >= 0.6 is 0 Å². The van der Waals surface area contributed by atoms with Gasteiger partial charge in [-0.15, -0.1) is 0 Å². The van der Waals surface area contributed by atoms with Crippen LogP contribution in [0.4, 0.5) is 0 Å². The van der Waals surface area contributed by atoms with Gasteiger partial charge in [0.05, 0.1) is 0 Å². The molecule has 130 valence electrons. The van der Waals surface area contributed by atoms with Crippen molar-refractivity contribution in [3.8, 4) is 0 Å². The molecule has 0 heterocycles. The Morgan fingerprint density at radius 3 is 0.667 bits per heavy atom. The molecule has 0 atom stereocenters. The van der Waals surface area contributed by atoms with Gasteiger partial charge in [0.2, 0.25) is 0 Å². The van der Waals surface area contributed by atoms with E-state index in [0.717, 1.165) is 0 Å². The second-order valence-corrected chi connectivity index (χ2v) is 6.94. The molecule has 0 bridgehead atoms. The quantitative estimate of drug-likeness (QED) is 0.310. The Labute approximate surface area is 136 Å². The lowest BCUT2D eigenvalue weighted by molar-refractivity contribution is 0.505. The van der Waals surface area contributed by atoms with Gasteiger partial charge >= 0.3 is 0 Å². The first-order chi connectivity index (χ1) is 10.1. The smallest absolute Gasteiger partial charge is 0.0140 e. The molecule has 0 fully saturated rings. The minimum absolute atomic E-state index is 1.37. The fourth-order valence-electron chi connectivity index (χ4n) is 2.44. The number of hydrogen-bond acceptors (Lipinski definition) is 1. The largest absolute Gasteiger partial charge is 0.312 e. The molecule has 0 saturated heterocycles. The Morgan fingerprint density at radius 1 is 0.381 bits per heavy atom. The number of hydrogen-bond donors (Lipinski definition) is 0. The van der Waals surface area contributed by atoms with Gasteiger partial charge in [-0.05, 0) is 21.1 Å². The first-order valence-electron chi connectivity index (χ1n) is 9.76. The normalized spacial score (nSPS) is 10.6. The van der Waals surface area contributed by atoms with E-state index in [1.807, 2.05) is 26.0 Å². The van der Waals surface area contributed by atoms with Gasteiger partial charge < -0.3 is 4.90 Å². The molecule has 0 aromatic heterocycles. The highest BCUT2D eigenvalue weighted by atomic mass is 15.0. The minimum atomic E-state index is 1.37. The van der Waals surface area contributed by atoms with Crippen LogP contribution in [0.3, 0.4) is 0 Å². The van der Waals surface area contributed by atoms with Crippen molar-refractivity contribution in [2.45, 2.75) is 110 Å². The molecule has 21 heavy (non-hydrogen) atoms. The van der Waals surface area contributed by atoms with Crippen molar-refractivity contribution in [2.75, 3.05) is 21.1 Å². The lowest BCUT2D eigenvalue weighted by Crippen LogP contribution is -1.99. The summed E-state index contributed by atoms with van der Waals surface area (Å²) in [5.41, 5.74) is 0. The standard InChI is InChI=1S/C17H36.C3H9N/c1-3-5-7-9-11-13-15-17-16-14-12-10-8-6-4-2;1-4(2)3/h3-17H2,1-2H3;1-3H3. The van der Waals surface area contributed by atoms with Crippen LogP contribution < -0.4 is 0 Å². The predicted molar refractivity (Wildman–Crippen MR) is 100 cm³/mol. The fraction of sp³-hybridized carbons (Fsp3) is 1.00. The number of nitrogens with zero attached hydrogens (tertiary/aromatic N) is 1. The average molecular weight is 300 g/mol. The zero-order chi connectivity index (χ0) is 16.2. The van der Waals surface area contributed by atoms with E-state index >= 15 is 0 Å². The SMILES string of the molecule is CCCCCCCCCCCCCCCCC.CN(C)C. The summed E-state index contributed by atoms with van der Waals surface area (Å²) in [6.45, 7) is 4.58. The van der Waals surface area contributed by atoms with E-state index in [9.17, 15) is 0 Å². The maximum absolute atomic E-state index is 2.29. The van der Waals surface area contributed by atoms with E-state index in [0.29, 0.717) is 0 Å². The predicted octanol–water partition coefficient (Wildman–Crippen LogP) is 7.06. The third kappa shape index (κ3) is 33.0. The van der Waals surface area contributed by atoms with Crippen molar-refractivity contribution in [3.05, 3.63) is 0 Å². The van der Waals surface area contributed by atoms with Crippen LogP contribution in [0, 0.1) is 0 Å². The lowest BCUT2D eigenvalue weighted by Gasteiger charge is -2.02. The first-order valence-corrected chi connectivity index (χ1v) is 9.76. The molecule has 1 nitrogen and oxygen atoms in total. The van der Waals surface area contributed by atoms with Crippen molar-refractivity contribution in [2.24, 2.45) is 0 Å². The van der Waals surface area contributed by atoms with Gasteiger partial charge in [0.1, 0.15) is 0 Å². The molecular formula is C20H45N. The summed E-state index contributed by atoms with van der Waals surface area (Å²) >= 11 is 0. The molecule has 0 aliphatic carbocycles. The van der Waals surface area contributed by atoms with Crippen LogP contribution in [-0.2, 0) is 0 Å². The molecule has 0 saturated carbocycles. The van der Waals surface area contributed by atoms with Crippen molar-refractivity contribution < 1.29 is 0 Å². The first kappa shape index (κ1) is 23.2. The van der Waals surface area contributed by atoms with Crippen LogP contribution in [0.15, 0.2) is 0 Å². The Bertz CT molecular complexity index is 137. The van der Waals surface area contributed by atoms with Crippen LogP contribution in [0.1, 0.15) is 110 Å². The highest BCUT2D eigenvalue weighted by molar-refractivity contribution is 4.48. The molecule has 0 N–H and O–H groups in total. The van der Waals surface area contributed by atoms with Crippen LogP contribution in [0.2, 0.25) is 0 Å². The molecule has 0 spiro atoms. The summed E-state index contributed by atoms with van der Waals surface area (Å²) in [4.78, 5) is 2.00. The molecular weight excluding hydrogens is 254 g/mol. The molecule has 0 unspecified atom stereocenters. The molecule has 1 heteroatoms. The maximum atomic E-state index is 2.29. The molecule has 0 aromatic rings. The van der Waals surface area contributed by atoms with E-state index in [4.69, 9.17) is 0 Å². The molecule has 0 rings (SSSR count). The molecule has 0 radical (unpaired) electrons. The van der Waals surface area contributed by atoms with E-state index < -0.39 is 0 Å². The molecule has 0 aliphatic rings. The average Bonchev–Trinajstić information content (AvgIpc) is 2.43. The van der Waals surface area contributed by atoms with E-state index in [-0.39, 0.29) is 0 Å². The number of unbranched alkanes of at least 4 members (excludes halogenated alkanes) is 14. The van der Waals surface area contributed by atoms with Crippen LogP contribution in [0.25, 0.3) is 0 Å². The van der Waals surface area contributed by atoms with E-state index in [1.54, 1.807) is 0 Å². The Hall–Kier alpha value is -0.0400. The van der Waals surface area contributed by atoms with E-state index in [1.165, 1.54) is 96.3 Å². The maximum Gasteiger partial charge on any atom is -0.0140 e. The van der Waals surface area contributed by atoms with E-state index in [2.05, 4.69) is 13.8 Å². The third-order valence-corrected chi connectivity index (χ3v) is 3.71. The fourth-order valence-corrected chi connectivity index (χ4v) is 2.44. The summed E-state index contributed by atoms with van der Waals surface area (Å²) in [6, 6.07) is 0. The van der Waals surface area contributed by atoms with Crippen LogP contribution in [-0.4, -0.2) is 26.0 Å². The molecule has 0 aliphatic heterocycles. The lowest BCUT2D eigenvalue weighted by atomic mass is 10.0. The van der Waals surface area contributed by atoms with Crippen molar-refractivity contribution in [1.29, 1.82) is 0 Å². The van der Waals surface area contributed by atoms with Crippen molar-refractivity contribution in [1.82, 2.24) is 4.90 Å². The summed E-state index contributed by atoms with van der Waals surface area (Å²) in [7, 11) is 6.00. The summed E-state index contributed by atoms with van der Waals surface area (Å²) in [5, 5.41) is 0. The van der Waals surface area contributed by atoms with Gasteiger partial charge in [-0.25, -0.2) is 0 Å². The highest BCUT2D eigenvalue weighted by Crippen LogP contribution is 2.13. The second-order valence-electron chi connectivity index (χ2n) is 6.94. The zero-order valence-electron chi connectivity index (χ0n) is 16.1. The topological polar surface area (TPSA) is 3.24 Å². The van der Waals surface area contributed by atoms with Gasteiger partial charge in [-0.1, -0.05) is 110 Å². The summed E-state index contributed by atoms with van der Waals surface area (Å²) in [6.07, 6.45) is 21.9. The Kier molecular flexibility index (Phi) is 24.6. The minimum Gasteiger partial charge on any atom is -0.312 e. The zero-order valence-corrected chi connectivity index (χ0v) is 16.1. The van der Waals surface area contributed by atoms with Crippen molar-refractivity contribution >= 4 is 0 Å². The van der Waals surface area contributed by atoms with Gasteiger partial charge in [0.15, 0.2) is 0 Å². The van der Waals surface area contributed by atoms with Crippen LogP contribution in [0.5, 0.6) is 0 Å². The Balaban J connectivity index is 0. The Morgan fingerprint density at radius 2 is 0.524 bits per heavy atom. The van der Waals surface area contributed by atoms with Gasteiger partial charge in [-0.3, -0.25) is 0 Å². The van der Waals surface area contributed by atoms with Gasteiger partial charge in [-0.2, -0.15) is 0 Å². The van der Waals surface area contributed by atoms with Gasteiger partial charge in [0.25, 0.3) is 0 Å². The molecule has 0 amide bonds. The number of rotatable bonds is 14. The van der Waals surface area contributed by atoms with Gasteiger partial charge in [0, 0.05) is 0 Å².